The molecule has 2 rings (SSSR count). The van der Waals surface area contributed by atoms with Crippen molar-refractivity contribution in [3.8, 4) is 5.75 Å². The lowest BCUT2D eigenvalue weighted by molar-refractivity contribution is -0.117. The molecule has 0 bridgehead atoms. The van der Waals surface area contributed by atoms with E-state index < -0.39 is 21.8 Å². The molecular weight excluding hydrogens is 352 g/mol. The minimum absolute atomic E-state index is 0. The number of ether oxygens (including phenoxy) is 1. The molecule has 1 fully saturated rings. The number of carbonyl (C=O) groups is 1. The van der Waals surface area contributed by atoms with Crippen LogP contribution >= 0.6 is 12.4 Å². The Morgan fingerprint density at radius 3 is 2.42 bits per heavy atom. The van der Waals surface area contributed by atoms with Crippen molar-refractivity contribution in [2.75, 3.05) is 17.3 Å². The number of anilines is 1. The third kappa shape index (κ3) is 7.07. The van der Waals surface area contributed by atoms with Gasteiger partial charge in [-0.15, -0.1) is 12.4 Å². The standard InChI is InChI=1S/C16H24N2O4S.ClH/c1-23(20,21)11-10-15(17)16(19)18-12-6-8-14(9-7-12)22-13-4-2-3-5-13;/h6-9,13,15H,2-5,10-11,17H2,1H3,(H,18,19);1H. The van der Waals surface area contributed by atoms with Crippen molar-refractivity contribution in [2.24, 2.45) is 5.73 Å². The molecule has 0 spiro atoms. The largest absolute Gasteiger partial charge is 0.490 e. The van der Waals surface area contributed by atoms with Gasteiger partial charge in [-0.25, -0.2) is 8.42 Å². The van der Waals surface area contributed by atoms with Crippen LogP contribution in [0, 0.1) is 0 Å². The number of halogens is 1. The molecule has 1 atom stereocenters. The van der Waals surface area contributed by atoms with E-state index in [9.17, 15) is 13.2 Å². The number of sulfone groups is 1. The highest BCUT2D eigenvalue weighted by atomic mass is 35.5. The molecule has 1 aliphatic carbocycles. The third-order valence-corrected chi connectivity index (χ3v) is 4.84. The van der Waals surface area contributed by atoms with Crippen LogP contribution in [0.2, 0.25) is 0 Å². The molecule has 0 saturated heterocycles. The van der Waals surface area contributed by atoms with Crippen LogP contribution in [0.4, 0.5) is 5.69 Å². The van der Waals surface area contributed by atoms with Crippen molar-refractivity contribution in [3.63, 3.8) is 0 Å². The molecule has 1 unspecified atom stereocenters. The fourth-order valence-electron chi connectivity index (χ4n) is 2.52. The van der Waals surface area contributed by atoms with Crippen molar-refractivity contribution in [1.29, 1.82) is 0 Å². The third-order valence-electron chi connectivity index (χ3n) is 3.86. The van der Waals surface area contributed by atoms with Gasteiger partial charge >= 0.3 is 0 Å². The van der Waals surface area contributed by atoms with Crippen LogP contribution in [0.25, 0.3) is 0 Å². The maximum Gasteiger partial charge on any atom is 0.241 e. The van der Waals surface area contributed by atoms with Crippen LogP contribution < -0.4 is 15.8 Å². The monoisotopic (exact) mass is 376 g/mol. The quantitative estimate of drug-likeness (QED) is 0.759. The molecule has 0 aromatic heterocycles. The van der Waals surface area contributed by atoms with Gasteiger partial charge in [0, 0.05) is 11.9 Å². The van der Waals surface area contributed by atoms with Gasteiger partial charge in [0.1, 0.15) is 15.6 Å². The number of nitrogens with one attached hydrogen (secondary N) is 1. The average molecular weight is 377 g/mol. The van der Waals surface area contributed by atoms with Crippen LogP contribution in [0.5, 0.6) is 5.75 Å². The van der Waals surface area contributed by atoms with E-state index in [1.807, 2.05) is 12.1 Å². The molecule has 0 heterocycles. The van der Waals surface area contributed by atoms with Crippen molar-refractivity contribution < 1.29 is 17.9 Å². The maximum absolute atomic E-state index is 11.9. The molecule has 6 nitrogen and oxygen atoms in total. The number of nitrogens with two attached hydrogens (primary N) is 1. The summed E-state index contributed by atoms with van der Waals surface area (Å²) in [6.45, 7) is 0. The number of rotatable bonds is 7. The highest BCUT2D eigenvalue weighted by molar-refractivity contribution is 7.90. The Morgan fingerprint density at radius 1 is 1.29 bits per heavy atom. The van der Waals surface area contributed by atoms with Crippen molar-refractivity contribution in [3.05, 3.63) is 24.3 Å². The number of hydrogen-bond donors (Lipinski definition) is 2. The molecule has 0 radical (unpaired) electrons. The van der Waals surface area contributed by atoms with Gasteiger partial charge in [-0.2, -0.15) is 0 Å². The summed E-state index contributed by atoms with van der Waals surface area (Å²) in [6, 6.07) is 6.29. The second kappa shape index (κ2) is 9.25. The summed E-state index contributed by atoms with van der Waals surface area (Å²) in [5.41, 5.74) is 6.32. The molecular formula is C16H25ClN2O4S. The van der Waals surface area contributed by atoms with Crippen LogP contribution in [0.15, 0.2) is 24.3 Å². The van der Waals surface area contributed by atoms with E-state index in [4.69, 9.17) is 10.5 Å². The normalized spacial score (nSPS) is 16.2. The second-order valence-electron chi connectivity index (χ2n) is 6.06. The number of amides is 1. The lowest BCUT2D eigenvalue weighted by Crippen LogP contribution is -2.37. The summed E-state index contributed by atoms with van der Waals surface area (Å²) in [6.07, 6.45) is 6.13. The number of hydrogen-bond acceptors (Lipinski definition) is 5. The molecule has 1 aromatic carbocycles. The molecule has 1 saturated carbocycles. The van der Waals surface area contributed by atoms with E-state index in [1.165, 1.54) is 12.8 Å². The first-order chi connectivity index (χ1) is 10.8. The van der Waals surface area contributed by atoms with Crippen molar-refractivity contribution in [1.82, 2.24) is 0 Å². The van der Waals surface area contributed by atoms with E-state index in [0.717, 1.165) is 24.8 Å². The van der Waals surface area contributed by atoms with Gasteiger partial charge in [-0.1, -0.05) is 0 Å². The SMILES string of the molecule is CS(=O)(=O)CCC(N)C(=O)Nc1ccc(OC2CCCC2)cc1.Cl. The minimum Gasteiger partial charge on any atom is -0.490 e. The highest BCUT2D eigenvalue weighted by Gasteiger charge is 2.17. The Balaban J connectivity index is 0.00000288. The molecule has 3 N–H and O–H groups in total. The number of benzene rings is 1. The summed E-state index contributed by atoms with van der Waals surface area (Å²) in [5.74, 6) is 0.296. The van der Waals surface area contributed by atoms with E-state index in [2.05, 4.69) is 5.32 Å². The van der Waals surface area contributed by atoms with Gasteiger partial charge in [0.2, 0.25) is 5.91 Å². The topological polar surface area (TPSA) is 98.5 Å². The predicted octanol–water partition coefficient (Wildman–Crippen LogP) is 2.13. The summed E-state index contributed by atoms with van der Waals surface area (Å²) < 4.78 is 28.0. The van der Waals surface area contributed by atoms with E-state index in [1.54, 1.807) is 12.1 Å². The fraction of sp³-hybridized carbons (Fsp3) is 0.562. The summed E-state index contributed by atoms with van der Waals surface area (Å²) in [7, 11) is -3.12. The van der Waals surface area contributed by atoms with Gasteiger partial charge in [0.05, 0.1) is 17.9 Å². The highest BCUT2D eigenvalue weighted by Crippen LogP contribution is 2.25. The van der Waals surface area contributed by atoms with E-state index >= 15 is 0 Å². The van der Waals surface area contributed by atoms with Gasteiger partial charge in [-0.3, -0.25) is 4.79 Å². The summed E-state index contributed by atoms with van der Waals surface area (Å²) in [5, 5.41) is 2.68. The predicted molar refractivity (Wildman–Crippen MR) is 97.5 cm³/mol. The Hall–Kier alpha value is -1.31. The van der Waals surface area contributed by atoms with Crippen LogP contribution in [0.1, 0.15) is 32.1 Å². The van der Waals surface area contributed by atoms with E-state index in [0.29, 0.717) is 11.8 Å². The smallest absolute Gasteiger partial charge is 0.241 e. The van der Waals surface area contributed by atoms with Gasteiger partial charge < -0.3 is 15.8 Å². The van der Waals surface area contributed by atoms with Crippen molar-refractivity contribution in [2.45, 2.75) is 44.2 Å². The molecule has 136 valence electrons. The lowest BCUT2D eigenvalue weighted by atomic mass is 10.2. The number of carbonyl (C=O) groups excluding carboxylic acids is 1. The van der Waals surface area contributed by atoms with Gasteiger partial charge in [0.15, 0.2) is 0 Å². The van der Waals surface area contributed by atoms with E-state index in [-0.39, 0.29) is 24.6 Å². The Bertz CT molecular complexity index is 628. The fourth-order valence-corrected chi connectivity index (χ4v) is 3.20. The zero-order valence-electron chi connectivity index (χ0n) is 13.7. The van der Waals surface area contributed by atoms with Crippen LogP contribution in [-0.2, 0) is 14.6 Å². The molecule has 1 amide bonds. The van der Waals surface area contributed by atoms with Gasteiger partial charge in [-0.05, 0) is 56.4 Å². The van der Waals surface area contributed by atoms with Crippen molar-refractivity contribution >= 4 is 33.8 Å². The molecule has 1 aromatic rings. The Morgan fingerprint density at radius 2 is 1.88 bits per heavy atom. The van der Waals surface area contributed by atoms with Crippen LogP contribution in [0.3, 0.4) is 0 Å². The summed E-state index contributed by atoms with van der Waals surface area (Å²) >= 11 is 0. The molecule has 24 heavy (non-hydrogen) atoms. The zero-order valence-corrected chi connectivity index (χ0v) is 15.4. The lowest BCUT2D eigenvalue weighted by Gasteiger charge is -2.14. The van der Waals surface area contributed by atoms with Crippen LogP contribution in [-0.4, -0.2) is 38.5 Å². The first-order valence-corrected chi connectivity index (χ1v) is 9.90. The first-order valence-electron chi connectivity index (χ1n) is 7.84. The molecule has 1 aliphatic rings. The van der Waals surface area contributed by atoms with Gasteiger partial charge in [0.25, 0.3) is 0 Å². The average Bonchev–Trinajstić information content (AvgIpc) is 2.99. The first kappa shape index (κ1) is 20.7. The Kier molecular flexibility index (Phi) is 7.99. The minimum atomic E-state index is -3.12. The molecule has 8 heteroatoms. The Labute approximate surface area is 149 Å². The molecule has 0 aliphatic heterocycles. The second-order valence-corrected chi connectivity index (χ2v) is 8.32. The maximum atomic E-state index is 11.9. The summed E-state index contributed by atoms with van der Waals surface area (Å²) in [4.78, 5) is 11.9. The zero-order chi connectivity index (χ0) is 16.9.